The number of amides is 2. The Morgan fingerprint density at radius 1 is 1.04 bits per heavy atom. The molecule has 0 fully saturated rings. The van der Waals surface area contributed by atoms with Crippen LogP contribution in [0.15, 0.2) is 53.0 Å². The van der Waals surface area contributed by atoms with Crippen LogP contribution in [0.3, 0.4) is 0 Å². The van der Waals surface area contributed by atoms with Crippen molar-refractivity contribution in [3.63, 3.8) is 0 Å². The zero-order valence-electron chi connectivity index (χ0n) is 12.2. The molecule has 0 aliphatic rings. The van der Waals surface area contributed by atoms with Gasteiger partial charge in [0.1, 0.15) is 5.82 Å². The van der Waals surface area contributed by atoms with Crippen molar-refractivity contribution in [2.45, 2.75) is 0 Å². The van der Waals surface area contributed by atoms with Crippen molar-refractivity contribution in [1.29, 1.82) is 0 Å². The molecule has 6 nitrogen and oxygen atoms in total. The van der Waals surface area contributed by atoms with Gasteiger partial charge in [-0.2, -0.15) is 0 Å². The Kier molecular flexibility index (Phi) is 6.02. The van der Waals surface area contributed by atoms with E-state index in [1.54, 1.807) is 24.3 Å². The summed E-state index contributed by atoms with van der Waals surface area (Å²) in [6.07, 6.45) is 0. The maximum atomic E-state index is 13.0. The Morgan fingerprint density at radius 3 is 2.50 bits per heavy atom. The van der Waals surface area contributed by atoms with E-state index in [1.807, 2.05) is 0 Å². The molecule has 0 atom stereocenters. The van der Waals surface area contributed by atoms with Gasteiger partial charge in [0, 0.05) is 4.47 Å². The van der Waals surface area contributed by atoms with Gasteiger partial charge in [-0.05, 0) is 46.3 Å². The fourth-order valence-corrected chi connectivity index (χ4v) is 2.17. The van der Waals surface area contributed by atoms with E-state index in [1.165, 1.54) is 18.2 Å². The third kappa shape index (κ3) is 4.88. The number of ether oxygens (including phenoxy) is 1. The number of hydrogen-bond acceptors (Lipinski definition) is 4. The van der Waals surface area contributed by atoms with Gasteiger partial charge in [0.2, 0.25) is 0 Å². The fourth-order valence-electron chi connectivity index (χ4n) is 1.71. The van der Waals surface area contributed by atoms with E-state index in [-0.39, 0.29) is 5.56 Å². The number of hydrogen-bond donors (Lipinski definition) is 2. The van der Waals surface area contributed by atoms with Gasteiger partial charge in [-0.25, -0.2) is 9.18 Å². The third-order valence-corrected chi connectivity index (χ3v) is 3.52. The molecule has 0 saturated heterocycles. The second kappa shape index (κ2) is 8.21. The van der Waals surface area contributed by atoms with Crippen molar-refractivity contribution >= 4 is 33.7 Å². The molecule has 2 N–H and O–H groups in total. The normalized spacial score (nSPS) is 9.92. The van der Waals surface area contributed by atoms with Crippen LogP contribution in [0.4, 0.5) is 4.39 Å². The van der Waals surface area contributed by atoms with Gasteiger partial charge in [-0.15, -0.1) is 0 Å². The summed E-state index contributed by atoms with van der Waals surface area (Å²) in [4.78, 5) is 35.1. The molecule has 0 spiro atoms. The lowest BCUT2D eigenvalue weighted by Crippen LogP contribution is -2.43. The van der Waals surface area contributed by atoms with Crippen LogP contribution in [0, 0.1) is 5.82 Å². The van der Waals surface area contributed by atoms with Crippen LogP contribution in [0.5, 0.6) is 0 Å². The van der Waals surface area contributed by atoms with Crippen molar-refractivity contribution in [2.24, 2.45) is 0 Å². The number of benzene rings is 2. The number of carbonyl (C=O) groups is 3. The first-order valence-corrected chi connectivity index (χ1v) is 7.53. The minimum atomic E-state index is -0.846. The first kappa shape index (κ1) is 17.6. The Morgan fingerprint density at radius 2 is 1.79 bits per heavy atom. The molecule has 0 bridgehead atoms. The number of carbonyl (C=O) groups excluding carboxylic acids is 3. The molecular weight excluding hydrogens is 383 g/mol. The van der Waals surface area contributed by atoms with Crippen LogP contribution < -0.4 is 10.9 Å². The van der Waals surface area contributed by atoms with E-state index in [4.69, 9.17) is 4.74 Å². The average Bonchev–Trinajstić information content (AvgIpc) is 2.58. The van der Waals surface area contributed by atoms with E-state index in [0.717, 1.165) is 6.07 Å². The summed E-state index contributed by atoms with van der Waals surface area (Å²) in [5.41, 5.74) is 4.62. The second-order valence-corrected chi connectivity index (χ2v) is 5.42. The van der Waals surface area contributed by atoms with Gasteiger partial charge in [-0.3, -0.25) is 20.4 Å². The van der Waals surface area contributed by atoms with Crippen molar-refractivity contribution < 1.29 is 23.5 Å². The van der Waals surface area contributed by atoms with Crippen LogP contribution in [-0.4, -0.2) is 24.4 Å². The number of nitrogens with one attached hydrogen (secondary N) is 2. The molecule has 2 amide bonds. The summed E-state index contributed by atoms with van der Waals surface area (Å²) < 4.78 is 18.3. The smallest absolute Gasteiger partial charge is 0.338 e. The number of halogens is 2. The molecule has 0 heterocycles. The highest BCUT2D eigenvalue weighted by Gasteiger charge is 2.13. The lowest BCUT2D eigenvalue weighted by Gasteiger charge is -2.09. The predicted molar refractivity (Wildman–Crippen MR) is 86.4 cm³/mol. The Bertz CT molecular complexity index is 782. The third-order valence-electron chi connectivity index (χ3n) is 2.83. The van der Waals surface area contributed by atoms with E-state index in [2.05, 4.69) is 26.8 Å². The van der Waals surface area contributed by atoms with Crippen LogP contribution in [-0.2, 0) is 9.53 Å². The number of hydrazine groups is 1. The summed E-state index contributed by atoms with van der Waals surface area (Å²) in [5, 5.41) is 0. The molecule has 0 unspecified atom stereocenters. The molecule has 2 rings (SSSR count). The predicted octanol–water partition coefficient (Wildman–Crippen LogP) is 2.21. The maximum Gasteiger partial charge on any atom is 0.338 e. The lowest BCUT2D eigenvalue weighted by atomic mass is 10.2. The molecule has 8 heteroatoms. The SMILES string of the molecule is O=C(COC(=O)c1cccc(F)c1)NNC(=O)c1ccccc1Br. The first-order chi connectivity index (χ1) is 11.5. The first-order valence-electron chi connectivity index (χ1n) is 6.74. The summed E-state index contributed by atoms with van der Waals surface area (Å²) in [7, 11) is 0. The second-order valence-electron chi connectivity index (χ2n) is 4.57. The Balaban J connectivity index is 1.80. The molecule has 2 aromatic rings. The Hall–Kier alpha value is -2.74. The minimum Gasteiger partial charge on any atom is -0.452 e. The molecule has 0 aromatic heterocycles. The molecule has 0 aliphatic heterocycles. The van der Waals surface area contributed by atoms with Gasteiger partial charge in [-0.1, -0.05) is 18.2 Å². The zero-order valence-corrected chi connectivity index (χ0v) is 13.8. The summed E-state index contributed by atoms with van der Waals surface area (Å²) in [5.74, 6) is -2.70. The summed E-state index contributed by atoms with van der Waals surface area (Å²) in [6, 6.07) is 11.5. The maximum absolute atomic E-state index is 13.0. The number of rotatable bonds is 4. The highest BCUT2D eigenvalue weighted by molar-refractivity contribution is 9.10. The van der Waals surface area contributed by atoms with Gasteiger partial charge in [0.05, 0.1) is 11.1 Å². The van der Waals surface area contributed by atoms with Crippen LogP contribution in [0.25, 0.3) is 0 Å². The van der Waals surface area contributed by atoms with Crippen molar-refractivity contribution in [3.05, 3.63) is 69.9 Å². The highest BCUT2D eigenvalue weighted by atomic mass is 79.9. The van der Waals surface area contributed by atoms with E-state index in [0.29, 0.717) is 10.0 Å². The fraction of sp³-hybridized carbons (Fsp3) is 0.0625. The zero-order chi connectivity index (χ0) is 17.5. The van der Waals surface area contributed by atoms with E-state index in [9.17, 15) is 18.8 Å². The lowest BCUT2D eigenvalue weighted by molar-refractivity contribution is -0.125. The average molecular weight is 395 g/mol. The molecular formula is C16H12BrFN2O4. The molecule has 0 aliphatic carbocycles. The summed E-state index contributed by atoms with van der Waals surface area (Å²) in [6.45, 7) is -0.619. The van der Waals surface area contributed by atoms with E-state index < -0.39 is 30.2 Å². The largest absolute Gasteiger partial charge is 0.452 e. The molecule has 24 heavy (non-hydrogen) atoms. The minimum absolute atomic E-state index is 0.0138. The van der Waals surface area contributed by atoms with Gasteiger partial charge >= 0.3 is 5.97 Å². The quantitative estimate of drug-likeness (QED) is 0.614. The van der Waals surface area contributed by atoms with E-state index >= 15 is 0 Å². The van der Waals surface area contributed by atoms with Gasteiger partial charge in [0.25, 0.3) is 11.8 Å². The molecule has 2 aromatic carbocycles. The van der Waals surface area contributed by atoms with Gasteiger partial charge < -0.3 is 4.74 Å². The topological polar surface area (TPSA) is 84.5 Å². The van der Waals surface area contributed by atoms with Crippen molar-refractivity contribution in [3.8, 4) is 0 Å². The van der Waals surface area contributed by atoms with Crippen LogP contribution in [0.1, 0.15) is 20.7 Å². The van der Waals surface area contributed by atoms with Crippen molar-refractivity contribution in [2.75, 3.05) is 6.61 Å². The van der Waals surface area contributed by atoms with Crippen LogP contribution in [0.2, 0.25) is 0 Å². The van der Waals surface area contributed by atoms with Crippen LogP contribution >= 0.6 is 15.9 Å². The molecule has 124 valence electrons. The standard InChI is InChI=1S/C16H12BrFN2O4/c17-13-7-2-1-6-12(13)15(22)20-19-14(21)9-24-16(23)10-4-3-5-11(18)8-10/h1-8H,9H2,(H,19,21)(H,20,22). The highest BCUT2D eigenvalue weighted by Crippen LogP contribution is 2.15. The number of esters is 1. The summed E-state index contributed by atoms with van der Waals surface area (Å²) >= 11 is 3.21. The van der Waals surface area contributed by atoms with Gasteiger partial charge in [0.15, 0.2) is 6.61 Å². The molecule has 0 radical (unpaired) electrons. The molecule has 0 saturated carbocycles. The Labute approximate surface area is 145 Å². The van der Waals surface area contributed by atoms with Crippen molar-refractivity contribution in [1.82, 2.24) is 10.9 Å². The monoisotopic (exact) mass is 394 g/mol.